The van der Waals surface area contributed by atoms with Crippen LogP contribution < -0.4 is 5.73 Å². The van der Waals surface area contributed by atoms with Crippen LogP contribution in [0.2, 0.25) is 0 Å². The molecule has 6 nitrogen and oxygen atoms in total. The van der Waals surface area contributed by atoms with Crippen molar-refractivity contribution < 1.29 is 19.0 Å². The fourth-order valence-corrected chi connectivity index (χ4v) is 3.08. The molecule has 0 aliphatic heterocycles. The predicted octanol–water partition coefficient (Wildman–Crippen LogP) is 0.784. The summed E-state index contributed by atoms with van der Waals surface area (Å²) in [6, 6.07) is 0.301. The molecule has 0 aromatic rings. The van der Waals surface area contributed by atoms with Crippen molar-refractivity contribution in [3.63, 3.8) is 0 Å². The Balaban J connectivity index is 2.64. The molecule has 1 rings (SSSR count). The van der Waals surface area contributed by atoms with Gasteiger partial charge < -0.3 is 19.9 Å². The summed E-state index contributed by atoms with van der Waals surface area (Å²) in [5.41, 5.74) is 5.42. The number of hydrogen-bond acceptors (Lipinski definition) is 6. The lowest BCUT2D eigenvalue weighted by Crippen LogP contribution is -2.56. The van der Waals surface area contributed by atoms with Gasteiger partial charge in [0, 0.05) is 40.0 Å². The fraction of sp³-hybridized carbons (Fsp3) is 0.933. The van der Waals surface area contributed by atoms with Gasteiger partial charge >= 0.3 is 5.97 Å². The minimum Gasteiger partial charge on any atom is -0.468 e. The van der Waals surface area contributed by atoms with Gasteiger partial charge in [-0.05, 0) is 32.1 Å². The molecular weight excluding hydrogens is 272 g/mol. The molecule has 6 heteroatoms. The van der Waals surface area contributed by atoms with E-state index in [9.17, 15) is 4.79 Å². The summed E-state index contributed by atoms with van der Waals surface area (Å²) in [5, 5.41) is 0. The molecule has 0 aromatic heterocycles. The van der Waals surface area contributed by atoms with E-state index in [0.717, 1.165) is 39.0 Å². The van der Waals surface area contributed by atoms with E-state index in [-0.39, 0.29) is 5.97 Å². The maximum absolute atomic E-state index is 11.9. The normalized spacial score (nSPS) is 26.0. The van der Waals surface area contributed by atoms with Gasteiger partial charge in [0.25, 0.3) is 0 Å². The highest BCUT2D eigenvalue weighted by Gasteiger charge is 2.41. The van der Waals surface area contributed by atoms with Crippen molar-refractivity contribution >= 4 is 5.97 Å². The van der Waals surface area contributed by atoms with E-state index >= 15 is 0 Å². The summed E-state index contributed by atoms with van der Waals surface area (Å²) in [7, 11) is 4.82. The molecule has 1 fully saturated rings. The Morgan fingerprint density at radius 2 is 1.95 bits per heavy atom. The van der Waals surface area contributed by atoms with Gasteiger partial charge in [-0.25, -0.2) is 0 Å². The van der Waals surface area contributed by atoms with Gasteiger partial charge in [-0.3, -0.25) is 9.69 Å². The third kappa shape index (κ3) is 5.54. The maximum Gasteiger partial charge on any atom is 0.325 e. The molecule has 1 aliphatic rings. The molecular formula is C15H30N2O4. The lowest BCUT2D eigenvalue weighted by molar-refractivity contribution is -0.149. The molecule has 0 spiro atoms. The minimum absolute atomic E-state index is 0.296. The third-order valence-electron chi connectivity index (χ3n) is 4.24. The largest absolute Gasteiger partial charge is 0.468 e. The van der Waals surface area contributed by atoms with Crippen molar-refractivity contribution in [3.05, 3.63) is 0 Å². The van der Waals surface area contributed by atoms with Crippen LogP contribution in [0.25, 0.3) is 0 Å². The molecule has 1 saturated carbocycles. The van der Waals surface area contributed by atoms with Gasteiger partial charge in [-0.15, -0.1) is 0 Å². The van der Waals surface area contributed by atoms with Crippen LogP contribution in [0.1, 0.15) is 32.1 Å². The number of carbonyl (C=O) groups excluding carboxylic acids is 1. The van der Waals surface area contributed by atoms with Gasteiger partial charge in [0.2, 0.25) is 0 Å². The number of carbonyl (C=O) groups is 1. The Hall–Kier alpha value is -0.690. The summed E-state index contributed by atoms with van der Waals surface area (Å²) in [5.74, 6) is -0.296. The second kappa shape index (κ2) is 9.35. The van der Waals surface area contributed by atoms with E-state index in [1.165, 1.54) is 7.11 Å². The number of esters is 1. The third-order valence-corrected chi connectivity index (χ3v) is 4.24. The average Bonchev–Trinajstić information content (AvgIpc) is 2.50. The first kappa shape index (κ1) is 18.4. The Morgan fingerprint density at radius 1 is 1.24 bits per heavy atom. The first-order chi connectivity index (χ1) is 10.1. The summed E-state index contributed by atoms with van der Waals surface area (Å²) in [6.07, 6.45) is 4.33. The number of methoxy groups -OCH3 is 3. The lowest BCUT2D eigenvalue weighted by Gasteiger charge is -2.41. The van der Waals surface area contributed by atoms with Crippen molar-refractivity contribution in [1.29, 1.82) is 0 Å². The zero-order valence-corrected chi connectivity index (χ0v) is 13.6. The first-order valence-electron chi connectivity index (χ1n) is 7.66. The van der Waals surface area contributed by atoms with Gasteiger partial charge in [-0.1, -0.05) is 0 Å². The molecule has 0 bridgehead atoms. The number of ether oxygens (including phenoxy) is 3. The SMILES string of the molecule is COCCCN(CCOC)C1CCCC(N)(C(=O)OC)C1. The van der Waals surface area contributed by atoms with E-state index in [1.54, 1.807) is 14.2 Å². The first-order valence-corrected chi connectivity index (χ1v) is 7.66. The van der Waals surface area contributed by atoms with Crippen LogP contribution in [0.4, 0.5) is 0 Å². The highest BCUT2D eigenvalue weighted by molar-refractivity contribution is 5.80. The molecule has 0 radical (unpaired) electrons. The van der Waals surface area contributed by atoms with Gasteiger partial charge in [0.05, 0.1) is 13.7 Å². The Bertz CT molecular complexity index is 314. The van der Waals surface area contributed by atoms with E-state index in [4.69, 9.17) is 19.9 Å². The van der Waals surface area contributed by atoms with Crippen LogP contribution >= 0.6 is 0 Å². The van der Waals surface area contributed by atoms with E-state index < -0.39 is 5.54 Å². The molecule has 0 amide bonds. The van der Waals surface area contributed by atoms with Crippen molar-refractivity contribution in [3.8, 4) is 0 Å². The van der Waals surface area contributed by atoms with Crippen molar-refractivity contribution in [2.24, 2.45) is 5.73 Å². The molecule has 2 atom stereocenters. The monoisotopic (exact) mass is 302 g/mol. The number of nitrogens with two attached hydrogens (primary N) is 1. The molecule has 0 aromatic carbocycles. The molecule has 21 heavy (non-hydrogen) atoms. The second-order valence-corrected chi connectivity index (χ2v) is 5.77. The highest BCUT2D eigenvalue weighted by atomic mass is 16.5. The second-order valence-electron chi connectivity index (χ2n) is 5.77. The standard InChI is InChI=1S/C15H30N2O4/c1-19-10-5-8-17(9-11-20-2)13-6-4-7-15(16,12-13)14(18)21-3/h13H,4-12,16H2,1-3H3. The van der Waals surface area contributed by atoms with E-state index in [1.807, 2.05) is 0 Å². The smallest absolute Gasteiger partial charge is 0.325 e. The van der Waals surface area contributed by atoms with Crippen LogP contribution in [0, 0.1) is 0 Å². The van der Waals surface area contributed by atoms with E-state index in [2.05, 4.69) is 4.90 Å². The number of rotatable bonds is 9. The van der Waals surface area contributed by atoms with Crippen LogP contribution in [0.3, 0.4) is 0 Å². The summed E-state index contributed by atoms with van der Waals surface area (Å²) in [4.78, 5) is 14.3. The summed E-state index contributed by atoms with van der Waals surface area (Å²) >= 11 is 0. The van der Waals surface area contributed by atoms with Crippen LogP contribution in [-0.2, 0) is 19.0 Å². The Morgan fingerprint density at radius 3 is 2.57 bits per heavy atom. The highest BCUT2D eigenvalue weighted by Crippen LogP contribution is 2.30. The average molecular weight is 302 g/mol. The lowest BCUT2D eigenvalue weighted by atomic mass is 9.79. The zero-order chi connectivity index (χ0) is 15.7. The van der Waals surface area contributed by atoms with E-state index in [0.29, 0.717) is 25.5 Å². The molecule has 2 N–H and O–H groups in total. The van der Waals surface area contributed by atoms with Crippen LogP contribution in [0.15, 0.2) is 0 Å². The van der Waals surface area contributed by atoms with Gasteiger partial charge in [-0.2, -0.15) is 0 Å². The zero-order valence-electron chi connectivity index (χ0n) is 13.6. The summed E-state index contributed by atoms with van der Waals surface area (Å²) in [6.45, 7) is 3.20. The molecule has 0 saturated heterocycles. The maximum atomic E-state index is 11.9. The fourth-order valence-electron chi connectivity index (χ4n) is 3.08. The topological polar surface area (TPSA) is 74.0 Å². The Labute approximate surface area is 127 Å². The molecule has 124 valence electrons. The quantitative estimate of drug-likeness (QED) is 0.501. The van der Waals surface area contributed by atoms with Gasteiger partial charge in [0.1, 0.15) is 5.54 Å². The summed E-state index contributed by atoms with van der Waals surface area (Å²) < 4.78 is 15.2. The predicted molar refractivity (Wildman–Crippen MR) is 81.1 cm³/mol. The molecule has 2 unspecified atom stereocenters. The number of hydrogen-bond donors (Lipinski definition) is 1. The van der Waals surface area contributed by atoms with Crippen molar-refractivity contribution in [2.75, 3.05) is 47.6 Å². The van der Waals surface area contributed by atoms with Crippen molar-refractivity contribution in [1.82, 2.24) is 4.90 Å². The van der Waals surface area contributed by atoms with Crippen molar-refractivity contribution in [2.45, 2.75) is 43.7 Å². The van der Waals surface area contributed by atoms with Crippen LogP contribution in [-0.4, -0.2) is 70.1 Å². The van der Waals surface area contributed by atoms with Gasteiger partial charge in [0.15, 0.2) is 0 Å². The molecule has 0 heterocycles. The van der Waals surface area contributed by atoms with Crippen LogP contribution in [0.5, 0.6) is 0 Å². The Kier molecular flexibility index (Phi) is 8.18. The molecule has 1 aliphatic carbocycles. The minimum atomic E-state index is -0.843. The number of nitrogens with zero attached hydrogens (tertiary/aromatic N) is 1.